The molecule has 0 aliphatic heterocycles. The third kappa shape index (κ3) is 37.9. The smallest absolute Gasteiger partial charge is 0.870 e. The van der Waals surface area contributed by atoms with Crippen LogP contribution in [0.2, 0.25) is 15.1 Å². The number of aromatic amines is 1. The Morgan fingerprint density at radius 1 is 0.650 bits per heavy atom. The SMILES string of the molecule is C.CC(C)(C)O.CC(C)(C)[O-].COc1ccc(C(C)=O)c(N)c1Cl.COc1nc(-c2cc(=O)c3ccc(OC)c(Cl)c3[nH]2)cs1.COc1nc(C(=O)Cc2c(C(C)=O)ccc(OC)c2Cl)cs1.COc1nc(C)cs1.COc1nc(OC=O)cs1.O=C=O.O=COc1csc(Br)n1.[K+].[Li+].[OH-]. The van der Waals surface area contributed by atoms with Crippen molar-refractivity contribution in [1.29, 1.82) is 0 Å². The first-order chi connectivity index (χ1) is 45.1. The van der Waals surface area contributed by atoms with E-state index in [9.17, 15) is 33.9 Å². The molecule has 100 heavy (non-hydrogen) atoms. The van der Waals surface area contributed by atoms with Crippen LogP contribution in [0.4, 0.5) is 5.69 Å². The number of hydrogen-bond donors (Lipinski definition) is 3. The van der Waals surface area contributed by atoms with Gasteiger partial charge in [0.15, 0.2) is 26.7 Å². The normalized spacial score (nSPS) is 9.54. The Labute approximate surface area is 675 Å². The summed E-state index contributed by atoms with van der Waals surface area (Å²) in [6.07, 6.45) is 0.220. The molecule has 5 N–H and O–H groups in total. The Hall–Kier alpha value is -5.79. The number of rotatable bonds is 17. The van der Waals surface area contributed by atoms with Crippen molar-refractivity contribution >= 4 is 160 Å². The van der Waals surface area contributed by atoms with Crippen LogP contribution in [-0.4, -0.2) is 138 Å². The molecule has 536 valence electrons. The van der Waals surface area contributed by atoms with E-state index in [1.807, 2.05) is 17.7 Å². The van der Waals surface area contributed by atoms with Crippen molar-refractivity contribution in [1.82, 2.24) is 29.9 Å². The number of halogens is 4. The molecule has 6 heterocycles. The van der Waals surface area contributed by atoms with Crippen LogP contribution >= 0.6 is 107 Å². The van der Waals surface area contributed by atoms with Crippen molar-refractivity contribution < 1.29 is 162 Å². The van der Waals surface area contributed by atoms with Crippen molar-refractivity contribution in [2.75, 3.05) is 55.5 Å². The van der Waals surface area contributed by atoms with Crippen LogP contribution < -0.4 is 129 Å². The van der Waals surface area contributed by atoms with E-state index < -0.39 is 11.2 Å². The average Bonchev–Trinajstić information content (AvgIpc) is 1.01. The van der Waals surface area contributed by atoms with Gasteiger partial charge in [0.05, 0.1) is 93.7 Å². The number of fused-ring (bicyclic) bond motifs is 1. The number of hydrogen-bond acceptors (Lipinski definition) is 31. The van der Waals surface area contributed by atoms with E-state index in [0.717, 1.165) is 10.9 Å². The molecule has 0 radical (unpaired) electrons. The van der Waals surface area contributed by atoms with Gasteiger partial charge < -0.3 is 69.0 Å². The summed E-state index contributed by atoms with van der Waals surface area (Å²) >= 11 is 28.2. The Balaban J connectivity index is -0.000000546. The second kappa shape index (κ2) is 52.2. The number of aryl methyl sites for hydroxylation is 1. The van der Waals surface area contributed by atoms with Gasteiger partial charge in [0, 0.05) is 45.1 Å². The van der Waals surface area contributed by atoms with E-state index in [1.165, 1.54) is 112 Å². The fraction of sp³-hybridized carbons (Fsp3) is 0.323. The molecule has 0 spiro atoms. The number of ether oxygens (including phenoxy) is 9. The molecule has 0 fully saturated rings. The fourth-order valence-corrected chi connectivity index (χ4v) is 10.5. The zero-order valence-corrected chi connectivity index (χ0v) is 68.0. The Kier molecular flexibility index (Phi) is 52.5. The van der Waals surface area contributed by atoms with Crippen molar-refractivity contribution in [3.05, 3.63) is 127 Å². The molecule has 0 saturated carbocycles. The number of H-pyrrole nitrogens is 1. The molecule has 0 atom stereocenters. The number of ketones is 3. The molecule has 9 rings (SSSR count). The maximum Gasteiger partial charge on any atom is 1.00 e. The minimum absolute atomic E-state index is 0. The van der Waals surface area contributed by atoms with E-state index in [2.05, 4.69) is 55.3 Å². The zero-order valence-electron chi connectivity index (χ0n) is 56.9. The van der Waals surface area contributed by atoms with E-state index in [4.69, 9.17) is 88.4 Å². The summed E-state index contributed by atoms with van der Waals surface area (Å²) in [5.74, 6) is 1.50. The van der Waals surface area contributed by atoms with Crippen molar-refractivity contribution in [3.63, 3.8) is 0 Å². The Morgan fingerprint density at radius 2 is 1.06 bits per heavy atom. The summed E-state index contributed by atoms with van der Waals surface area (Å²) in [7, 11) is 10.7. The molecular formula is C62H73BrCl3KLiN7O20S5. The third-order valence-electron chi connectivity index (χ3n) is 10.1. The second-order valence-corrected chi connectivity index (χ2v) is 26.2. The summed E-state index contributed by atoms with van der Waals surface area (Å²) < 4.78 is 44.4. The Bertz CT molecular complexity index is 4020. The first-order valence-electron chi connectivity index (χ1n) is 26.7. The van der Waals surface area contributed by atoms with Crippen LogP contribution in [0.5, 0.6) is 49.8 Å². The van der Waals surface area contributed by atoms with Gasteiger partial charge in [-0.25, -0.2) is 9.97 Å². The van der Waals surface area contributed by atoms with Crippen LogP contribution in [0, 0.1) is 6.92 Å². The number of carbonyl (C=O) groups excluding carboxylic acids is 7. The number of methoxy groups -OCH3 is 7. The number of Topliss-reactive ketones (excluding diaryl/α,β-unsaturated/α-hetero) is 3. The number of carbonyl (C=O) groups is 5. The van der Waals surface area contributed by atoms with Crippen molar-refractivity contribution in [2.24, 2.45) is 0 Å². The maximum absolute atomic E-state index is 12.3. The molecule has 38 heteroatoms. The van der Waals surface area contributed by atoms with Gasteiger partial charge >= 0.3 is 76.4 Å². The number of benzene rings is 3. The van der Waals surface area contributed by atoms with Crippen molar-refractivity contribution in [2.45, 2.75) is 87.4 Å². The largest absolute Gasteiger partial charge is 1.00 e. The molecule has 9 aromatic rings. The number of nitrogens with one attached hydrogen (secondary N) is 1. The topological polar surface area (TPSA) is 399 Å². The van der Waals surface area contributed by atoms with Crippen LogP contribution in [-0.2, 0) is 25.6 Å². The number of nitrogen functional groups attached to an aromatic ring is 1. The number of anilines is 1. The first-order valence-corrected chi connectivity index (χ1v) is 33.1. The third-order valence-corrected chi connectivity index (χ3v) is 15.9. The fourth-order valence-electron chi connectivity index (χ4n) is 6.27. The van der Waals surface area contributed by atoms with E-state index in [0.29, 0.717) is 99.6 Å². The number of nitrogens with two attached hydrogens (primary N) is 1. The van der Waals surface area contributed by atoms with Gasteiger partial charge in [-0.15, -0.1) is 16.9 Å². The van der Waals surface area contributed by atoms with Gasteiger partial charge in [0.1, 0.15) is 38.7 Å². The average molecular weight is 1630 g/mol. The van der Waals surface area contributed by atoms with Crippen molar-refractivity contribution in [3.8, 4) is 61.2 Å². The number of aliphatic hydroxyl groups is 1. The quantitative estimate of drug-likeness (QED) is 0.0348. The second-order valence-electron chi connectivity index (χ2n) is 19.7. The minimum atomic E-state index is -0.750. The van der Waals surface area contributed by atoms with Gasteiger partial charge in [-0.05, 0) is 99.4 Å². The predicted molar refractivity (Wildman–Crippen MR) is 382 cm³/mol. The van der Waals surface area contributed by atoms with Gasteiger partial charge in [0.25, 0.3) is 33.7 Å². The summed E-state index contributed by atoms with van der Waals surface area (Å²) in [5, 5.41) is 30.8. The predicted octanol–water partition coefficient (Wildman–Crippen LogP) is 7.29. The monoisotopic (exact) mass is 1630 g/mol. The molecule has 3 aromatic carbocycles. The molecule has 0 amide bonds. The molecular weight excluding hydrogens is 1560 g/mol. The molecule has 27 nitrogen and oxygen atoms in total. The molecule has 0 aliphatic carbocycles. The maximum atomic E-state index is 12.3. The van der Waals surface area contributed by atoms with Crippen LogP contribution in [0.15, 0.2) is 78.1 Å². The van der Waals surface area contributed by atoms with Gasteiger partial charge in [0.2, 0.25) is 11.8 Å². The molecule has 0 unspecified atom stereocenters. The number of pyridine rings is 1. The number of nitrogens with zero attached hydrogens (tertiary/aromatic N) is 5. The molecule has 0 saturated heterocycles. The summed E-state index contributed by atoms with van der Waals surface area (Å²) in [6, 6.07) is 11.3. The summed E-state index contributed by atoms with van der Waals surface area (Å²) in [6.45, 7) is 15.6. The zero-order chi connectivity index (χ0) is 73.0. The summed E-state index contributed by atoms with van der Waals surface area (Å²) in [4.78, 5) is 106. The minimum Gasteiger partial charge on any atom is -0.870 e. The van der Waals surface area contributed by atoms with E-state index >= 15 is 0 Å². The molecule has 6 aromatic heterocycles. The van der Waals surface area contributed by atoms with E-state index in [-0.39, 0.29) is 146 Å². The van der Waals surface area contributed by atoms with Crippen LogP contribution in [0.1, 0.15) is 105 Å². The van der Waals surface area contributed by atoms with Gasteiger partial charge in [-0.3, -0.25) is 28.8 Å². The van der Waals surface area contributed by atoms with Gasteiger partial charge in [-0.1, -0.05) is 108 Å². The standard InChI is InChI=1S/C15H14ClNO4S.C14H11ClN2O3S.C9H10ClNO2.C5H5NO3S.C5H7NOS.C4H2BrNO2S.C4H10O.C4H9O.CO2.CH4.K.Li.H2O/c1-8(18)9-4-5-13(20-2)14(16)10(9)6-12(19)11-7-22-15(17-11)21-3;1-19-11-4-3-7-10(18)5-8(16-13(7)12(11)15)9-6-21-14(17-9)20-2;1-5(12)6-3-4-7(13-2)8(10)9(6)11;1-8-5-6-4(2-10-5)9-3-7;1-4-3-8-5(6-4)7-2;5-4-6-3(1-9-4)8-2-7;2*1-4(2,3)5;2-1-3;;;;/h4-5,7H,6H2,1-3H3;3-6H,1-2H3,(H,16,18);3-4H,11H2,1-2H3;2-3H,1H3;3H,1-2H3;1-2H;5H,1-3H3;1-3H3;;1H4;;;1H2/q;;;;;;;-1;;;2*+1;/p-1. The Morgan fingerprint density at radius 3 is 1.47 bits per heavy atom. The number of thiazole rings is 5. The number of aromatic nitrogens is 6. The van der Waals surface area contributed by atoms with E-state index in [1.54, 1.807) is 108 Å². The molecule has 0 bridgehead atoms. The summed E-state index contributed by atoms with van der Waals surface area (Å²) in [5.41, 5.74) is 8.85. The first kappa shape index (κ1) is 101. The van der Waals surface area contributed by atoms with Crippen LogP contribution in [0.3, 0.4) is 0 Å². The molecule has 0 aliphatic rings. The van der Waals surface area contributed by atoms with Gasteiger partial charge in [-0.2, -0.15) is 24.5 Å². The van der Waals surface area contributed by atoms with Crippen LogP contribution in [0.25, 0.3) is 22.3 Å².